The van der Waals surface area contributed by atoms with Crippen LogP contribution < -0.4 is 4.74 Å². The van der Waals surface area contributed by atoms with Crippen molar-refractivity contribution in [2.24, 2.45) is 0 Å². The van der Waals surface area contributed by atoms with E-state index in [9.17, 15) is 4.21 Å². The van der Waals surface area contributed by atoms with Crippen molar-refractivity contribution < 1.29 is 13.5 Å². The molecule has 1 N–H and O–H groups in total. The van der Waals surface area contributed by atoms with E-state index in [1.54, 1.807) is 12.1 Å². The van der Waals surface area contributed by atoms with Crippen LogP contribution in [0.15, 0.2) is 27.6 Å². The molecule has 3 nitrogen and oxygen atoms in total. The van der Waals surface area contributed by atoms with Crippen LogP contribution in [0.4, 0.5) is 0 Å². The summed E-state index contributed by atoms with van der Waals surface area (Å²) < 4.78 is 25.1. The van der Waals surface area contributed by atoms with Gasteiger partial charge >= 0.3 is 0 Å². The molecule has 1 atom stereocenters. The number of halogens is 1. The Hall–Kier alpha value is -0.390. The zero-order chi connectivity index (χ0) is 9.14. The number of benzene rings is 1. The molecule has 1 aromatic carbocycles. The van der Waals surface area contributed by atoms with Crippen molar-refractivity contribution in [3.05, 3.63) is 22.7 Å². The van der Waals surface area contributed by atoms with Crippen LogP contribution in [0.2, 0.25) is 0 Å². The number of hydrogen-bond donors (Lipinski definition) is 1. The van der Waals surface area contributed by atoms with E-state index in [-0.39, 0.29) is 0 Å². The summed E-state index contributed by atoms with van der Waals surface area (Å²) in [4.78, 5) is 0.329. The third-order valence-corrected chi connectivity index (χ3v) is 2.64. The zero-order valence-corrected chi connectivity index (χ0v) is 8.68. The van der Waals surface area contributed by atoms with E-state index < -0.39 is 11.1 Å². The second kappa shape index (κ2) is 4.02. The van der Waals surface area contributed by atoms with E-state index >= 15 is 0 Å². The molecule has 0 heterocycles. The third kappa shape index (κ3) is 2.06. The molecule has 0 aliphatic rings. The Morgan fingerprint density at radius 2 is 2.25 bits per heavy atom. The Bertz CT molecular complexity index is 314. The molecule has 66 valence electrons. The summed E-state index contributed by atoms with van der Waals surface area (Å²) in [5, 5.41) is 0. The van der Waals surface area contributed by atoms with Gasteiger partial charge in [-0.3, -0.25) is 0 Å². The van der Waals surface area contributed by atoms with Crippen LogP contribution in [-0.2, 0) is 11.1 Å². The standard InChI is InChI=1S/C7H7BrO3S/c1-11-7-4-5(12(9)10)2-3-6(7)8/h2-4H,1H3,(H,9,10). The lowest BCUT2D eigenvalue weighted by atomic mass is 10.3. The summed E-state index contributed by atoms with van der Waals surface area (Å²) in [6, 6.07) is 4.74. The highest BCUT2D eigenvalue weighted by Crippen LogP contribution is 2.26. The largest absolute Gasteiger partial charge is 0.496 e. The van der Waals surface area contributed by atoms with Crippen LogP contribution in [0, 0.1) is 0 Å². The molecule has 1 unspecified atom stereocenters. The molecular weight excluding hydrogens is 244 g/mol. The second-order valence-electron chi connectivity index (χ2n) is 2.05. The first kappa shape index (κ1) is 9.70. The molecule has 0 saturated heterocycles. The fraction of sp³-hybridized carbons (Fsp3) is 0.143. The maximum atomic E-state index is 10.6. The highest BCUT2D eigenvalue weighted by molar-refractivity contribution is 9.10. The average Bonchev–Trinajstić information content (AvgIpc) is 2.05. The van der Waals surface area contributed by atoms with Gasteiger partial charge in [-0.05, 0) is 34.1 Å². The second-order valence-corrected chi connectivity index (χ2v) is 3.87. The highest BCUT2D eigenvalue weighted by atomic mass is 79.9. The Kier molecular flexibility index (Phi) is 3.25. The summed E-state index contributed by atoms with van der Waals surface area (Å²) in [5.74, 6) is 0.551. The molecule has 0 bridgehead atoms. The van der Waals surface area contributed by atoms with Crippen molar-refractivity contribution >= 4 is 27.0 Å². The minimum atomic E-state index is -1.95. The molecule has 0 aliphatic carbocycles. The van der Waals surface area contributed by atoms with Gasteiger partial charge in [0.25, 0.3) is 0 Å². The van der Waals surface area contributed by atoms with Gasteiger partial charge in [0.2, 0.25) is 0 Å². The normalized spacial score (nSPS) is 12.6. The van der Waals surface area contributed by atoms with Crippen molar-refractivity contribution in [2.45, 2.75) is 4.90 Å². The van der Waals surface area contributed by atoms with E-state index in [0.717, 1.165) is 4.47 Å². The predicted molar refractivity (Wildman–Crippen MR) is 49.7 cm³/mol. The van der Waals surface area contributed by atoms with E-state index in [4.69, 9.17) is 9.29 Å². The molecule has 5 heteroatoms. The van der Waals surface area contributed by atoms with Crippen molar-refractivity contribution in [3.63, 3.8) is 0 Å². The molecular formula is C7H7BrO3S. The van der Waals surface area contributed by atoms with Crippen LogP contribution in [0.3, 0.4) is 0 Å². The maximum absolute atomic E-state index is 10.6. The summed E-state index contributed by atoms with van der Waals surface area (Å²) in [5.41, 5.74) is 0. The van der Waals surface area contributed by atoms with E-state index in [2.05, 4.69) is 15.9 Å². The summed E-state index contributed by atoms with van der Waals surface area (Å²) >= 11 is 1.28. The van der Waals surface area contributed by atoms with E-state index in [1.165, 1.54) is 13.2 Å². The van der Waals surface area contributed by atoms with Gasteiger partial charge < -0.3 is 9.29 Å². The monoisotopic (exact) mass is 250 g/mol. The van der Waals surface area contributed by atoms with Crippen LogP contribution in [0.1, 0.15) is 0 Å². The summed E-state index contributed by atoms with van der Waals surface area (Å²) in [6.45, 7) is 0. The van der Waals surface area contributed by atoms with Crippen molar-refractivity contribution in [3.8, 4) is 5.75 Å². The van der Waals surface area contributed by atoms with Gasteiger partial charge in [-0.1, -0.05) is 0 Å². The Morgan fingerprint density at radius 3 is 2.75 bits per heavy atom. The highest BCUT2D eigenvalue weighted by Gasteiger charge is 2.04. The topological polar surface area (TPSA) is 46.5 Å². The molecule has 0 fully saturated rings. The lowest BCUT2D eigenvalue weighted by Crippen LogP contribution is -1.90. The Labute approximate surface area is 81.2 Å². The van der Waals surface area contributed by atoms with Gasteiger partial charge in [-0.15, -0.1) is 0 Å². The number of hydrogen-bond acceptors (Lipinski definition) is 2. The average molecular weight is 251 g/mol. The Balaban J connectivity index is 3.13. The van der Waals surface area contributed by atoms with Gasteiger partial charge in [0.15, 0.2) is 11.1 Å². The summed E-state index contributed by atoms with van der Waals surface area (Å²) in [6.07, 6.45) is 0. The number of ether oxygens (including phenoxy) is 1. The first-order valence-electron chi connectivity index (χ1n) is 3.09. The SMILES string of the molecule is COc1cc(S(=O)O)ccc1Br. The molecule has 12 heavy (non-hydrogen) atoms. The zero-order valence-electron chi connectivity index (χ0n) is 6.28. The van der Waals surface area contributed by atoms with Gasteiger partial charge in [0.05, 0.1) is 16.5 Å². The molecule has 0 aliphatic heterocycles. The fourth-order valence-corrected chi connectivity index (χ4v) is 1.55. The lowest BCUT2D eigenvalue weighted by molar-refractivity contribution is 0.410. The summed E-state index contributed by atoms with van der Waals surface area (Å²) in [7, 11) is 1.50. The molecule has 0 saturated carbocycles. The van der Waals surface area contributed by atoms with Crippen molar-refractivity contribution in [2.75, 3.05) is 7.11 Å². The van der Waals surface area contributed by atoms with Gasteiger partial charge in [-0.25, -0.2) is 4.21 Å². The van der Waals surface area contributed by atoms with E-state index in [0.29, 0.717) is 10.6 Å². The number of methoxy groups -OCH3 is 1. The van der Waals surface area contributed by atoms with Crippen LogP contribution in [0.5, 0.6) is 5.75 Å². The molecule has 0 spiro atoms. The molecule has 0 radical (unpaired) electrons. The smallest absolute Gasteiger partial charge is 0.186 e. The quantitative estimate of drug-likeness (QED) is 0.818. The molecule has 0 aromatic heterocycles. The molecule has 0 amide bonds. The first-order chi connectivity index (χ1) is 5.65. The van der Waals surface area contributed by atoms with E-state index in [1.807, 2.05) is 0 Å². The van der Waals surface area contributed by atoms with Crippen molar-refractivity contribution in [1.29, 1.82) is 0 Å². The molecule has 1 aromatic rings. The predicted octanol–water partition coefficient (Wildman–Crippen LogP) is 2.04. The van der Waals surface area contributed by atoms with Gasteiger partial charge in [0.1, 0.15) is 5.75 Å². The number of rotatable bonds is 2. The van der Waals surface area contributed by atoms with Crippen LogP contribution >= 0.6 is 15.9 Å². The van der Waals surface area contributed by atoms with Crippen LogP contribution in [-0.4, -0.2) is 15.9 Å². The fourth-order valence-electron chi connectivity index (χ4n) is 0.749. The maximum Gasteiger partial charge on any atom is 0.186 e. The first-order valence-corrected chi connectivity index (χ1v) is 4.99. The van der Waals surface area contributed by atoms with Crippen molar-refractivity contribution in [1.82, 2.24) is 0 Å². The third-order valence-electron chi connectivity index (χ3n) is 1.32. The molecule has 1 rings (SSSR count). The Morgan fingerprint density at radius 1 is 1.58 bits per heavy atom. The van der Waals surface area contributed by atoms with Gasteiger partial charge in [0, 0.05) is 0 Å². The minimum Gasteiger partial charge on any atom is -0.496 e. The minimum absolute atomic E-state index is 0.329. The lowest BCUT2D eigenvalue weighted by Gasteiger charge is -2.03. The van der Waals surface area contributed by atoms with Gasteiger partial charge in [-0.2, -0.15) is 0 Å². The van der Waals surface area contributed by atoms with Crippen LogP contribution in [0.25, 0.3) is 0 Å².